The first-order chi connectivity index (χ1) is 6.77. The van der Waals surface area contributed by atoms with E-state index in [0.717, 1.165) is 17.0 Å². The zero-order chi connectivity index (χ0) is 10.4. The van der Waals surface area contributed by atoms with Crippen LogP contribution in [0.2, 0.25) is 0 Å². The van der Waals surface area contributed by atoms with E-state index in [1.54, 1.807) is 7.11 Å². The van der Waals surface area contributed by atoms with Crippen molar-refractivity contribution in [1.29, 1.82) is 0 Å². The molecule has 0 aromatic heterocycles. The van der Waals surface area contributed by atoms with E-state index in [1.165, 1.54) is 0 Å². The lowest BCUT2D eigenvalue weighted by atomic mass is 10.1. The van der Waals surface area contributed by atoms with Gasteiger partial charge in [-0.05, 0) is 26.0 Å². The Morgan fingerprint density at radius 1 is 1.43 bits per heavy atom. The van der Waals surface area contributed by atoms with Gasteiger partial charge in [0.1, 0.15) is 12.4 Å². The molecule has 0 aliphatic carbocycles. The van der Waals surface area contributed by atoms with Crippen molar-refractivity contribution in [1.82, 2.24) is 0 Å². The standard InChI is InChI=1S/C11H15NO2/c1-4-14-12-9(2)10-6-5-7-11(8-10)13-3/h5-8H,4H2,1-3H3/b12-9+. The maximum atomic E-state index is 5.11. The number of rotatable bonds is 4. The van der Waals surface area contributed by atoms with Crippen molar-refractivity contribution in [2.75, 3.05) is 13.7 Å². The van der Waals surface area contributed by atoms with Crippen LogP contribution >= 0.6 is 0 Å². The molecule has 3 heteroatoms. The highest BCUT2D eigenvalue weighted by atomic mass is 16.6. The summed E-state index contributed by atoms with van der Waals surface area (Å²) in [4.78, 5) is 4.97. The Labute approximate surface area is 84.3 Å². The molecule has 0 N–H and O–H groups in total. The van der Waals surface area contributed by atoms with Gasteiger partial charge < -0.3 is 9.57 Å². The molecule has 0 atom stereocenters. The topological polar surface area (TPSA) is 30.8 Å². The molecule has 1 aromatic rings. The predicted octanol–water partition coefficient (Wildman–Crippen LogP) is 2.46. The van der Waals surface area contributed by atoms with Crippen molar-refractivity contribution in [3.05, 3.63) is 29.8 Å². The van der Waals surface area contributed by atoms with Gasteiger partial charge in [0, 0.05) is 5.56 Å². The van der Waals surface area contributed by atoms with E-state index < -0.39 is 0 Å². The fourth-order valence-electron chi connectivity index (χ4n) is 1.06. The molecule has 0 radical (unpaired) electrons. The first kappa shape index (κ1) is 10.6. The lowest BCUT2D eigenvalue weighted by Gasteiger charge is -2.03. The molecule has 0 bridgehead atoms. The summed E-state index contributed by atoms with van der Waals surface area (Å²) in [7, 11) is 1.65. The Balaban J connectivity index is 2.84. The third-order valence-corrected chi connectivity index (χ3v) is 1.82. The van der Waals surface area contributed by atoms with Gasteiger partial charge in [0.15, 0.2) is 0 Å². The lowest BCUT2D eigenvalue weighted by Crippen LogP contribution is -1.96. The van der Waals surface area contributed by atoms with Crippen LogP contribution in [0.3, 0.4) is 0 Å². The average molecular weight is 193 g/mol. The van der Waals surface area contributed by atoms with Gasteiger partial charge in [-0.3, -0.25) is 0 Å². The molecule has 0 unspecified atom stereocenters. The maximum Gasteiger partial charge on any atom is 0.119 e. The van der Waals surface area contributed by atoms with E-state index in [9.17, 15) is 0 Å². The van der Waals surface area contributed by atoms with E-state index >= 15 is 0 Å². The summed E-state index contributed by atoms with van der Waals surface area (Å²) in [6, 6.07) is 7.73. The second-order valence-corrected chi connectivity index (χ2v) is 2.83. The number of oxime groups is 1. The Kier molecular flexibility index (Phi) is 3.98. The minimum Gasteiger partial charge on any atom is -0.497 e. The molecule has 0 aliphatic rings. The van der Waals surface area contributed by atoms with Gasteiger partial charge in [0.2, 0.25) is 0 Å². The summed E-state index contributed by atoms with van der Waals surface area (Å²) >= 11 is 0. The van der Waals surface area contributed by atoms with Gasteiger partial charge in [-0.2, -0.15) is 0 Å². The van der Waals surface area contributed by atoms with Crippen LogP contribution in [0.5, 0.6) is 5.75 Å². The predicted molar refractivity (Wildman–Crippen MR) is 56.8 cm³/mol. The quantitative estimate of drug-likeness (QED) is 0.543. The fraction of sp³-hybridized carbons (Fsp3) is 0.364. The molecule has 0 fully saturated rings. The van der Waals surface area contributed by atoms with E-state index in [4.69, 9.17) is 9.57 Å². The normalized spacial score (nSPS) is 11.2. The molecule has 0 saturated heterocycles. The van der Waals surface area contributed by atoms with Gasteiger partial charge in [-0.15, -0.1) is 0 Å². The fourth-order valence-corrected chi connectivity index (χ4v) is 1.06. The van der Waals surface area contributed by atoms with E-state index in [1.807, 2.05) is 38.1 Å². The second kappa shape index (κ2) is 5.27. The molecule has 0 saturated carbocycles. The Hall–Kier alpha value is -1.51. The minimum atomic E-state index is 0.585. The van der Waals surface area contributed by atoms with Crippen LogP contribution in [0.4, 0.5) is 0 Å². The van der Waals surface area contributed by atoms with Crippen LogP contribution in [-0.2, 0) is 4.84 Å². The molecule has 0 spiro atoms. The molecule has 3 nitrogen and oxygen atoms in total. The SMILES string of the molecule is CCO/N=C(\C)c1cccc(OC)c1. The number of benzene rings is 1. The highest BCUT2D eigenvalue weighted by Crippen LogP contribution is 2.13. The molecule has 1 aromatic carbocycles. The monoisotopic (exact) mass is 193 g/mol. The largest absolute Gasteiger partial charge is 0.497 e. The van der Waals surface area contributed by atoms with Crippen LogP contribution in [0.25, 0.3) is 0 Å². The summed E-state index contributed by atoms with van der Waals surface area (Å²) in [5.41, 5.74) is 1.86. The first-order valence-corrected chi connectivity index (χ1v) is 4.59. The summed E-state index contributed by atoms with van der Waals surface area (Å²) in [5, 5.41) is 3.95. The van der Waals surface area contributed by atoms with Gasteiger partial charge >= 0.3 is 0 Å². The molecule has 0 heterocycles. The van der Waals surface area contributed by atoms with Gasteiger partial charge in [0.05, 0.1) is 12.8 Å². The Bertz CT molecular complexity index is 321. The van der Waals surface area contributed by atoms with Gasteiger partial charge in [-0.25, -0.2) is 0 Å². The Morgan fingerprint density at radius 2 is 2.21 bits per heavy atom. The van der Waals surface area contributed by atoms with E-state index in [2.05, 4.69) is 5.16 Å². The van der Waals surface area contributed by atoms with Crippen molar-refractivity contribution in [2.45, 2.75) is 13.8 Å². The lowest BCUT2D eigenvalue weighted by molar-refractivity contribution is 0.159. The summed E-state index contributed by atoms with van der Waals surface area (Å²) in [6.45, 7) is 4.40. The maximum absolute atomic E-state index is 5.11. The van der Waals surface area contributed by atoms with Crippen molar-refractivity contribution in [3.63, 3.8) is 0 Å². The van der Waals surface area contributed by atoms with Crippen LogP contribution in [0.15, 0.2) is 29.4 Å². The second-order valence-electron chi connectivity index (χ2n) is 2.83. The number of ether oxygens (including phenoxy) is 1. The van der Waals surface area contributed by atoms with Gasteiger partial charge in [-0.1, -0.05) is 17.3 Å². The molecule has 0 aliphatic heterocycles. The highest BCUT2D eigenvalue weighted by Gasteiger charge is 1.99. The van der Waals surface area contributed by atoms with E-state index in [-0.39, 0.29) is 0 Å². The number of hydrogen-bond acceptors (Lipinski definition) is 3. The molecule has 0 amide bonds. The van der Waals surface area contributed by atoms with Crippen LogP contribution < -0.4 is 4.74 Å². The van der Waals surface area contributed by atoms with Crippen molar-refractivity contribution in [3.8, 4) is 5.75 Å². The van der Waals surface area contributed by atoms with Gasteiger partial charge in [0.25, 0.3) is 0 Å². The third-order valence-electron chi connectivity index (χ3n) is 1.82. The molecular weight excluding hydrogens is 178 g/mol. The summed E-state index contributed by atoms with van der Waals surface area (Å²) in [6.07, 6.45) is 0. The first-order valence-electron chi connectivity index (χ1n) is 4.59. The van der Waals surface area contributed by atoms with Crippen LogP contribution in [0.1, 0.15) is 19.4 Å². The molecule has 14 heavy (non-hydrogen) atoms. The average Bonchev–Trinajstić information content (AvgIpc) is 2.26. The Morgan fingerprint density at radius 3 is 2.86 bits per heavy atom. The molecule has 1 rings (SSSR count). The smallest absolute Gasteiger partial charge is 0.119 e. The summed E-state index contributed by atoms with van der Waals surface area (Å²) in [5.74, 6) is 0.827. The number of hydrogen-bond donors (Lipinski definition) is 0. The number of methoxy groups -OCH3 is 1. The van der Waals surface area contributed by atoms with Crippen molar-refractivity contribution < 1.29 is 9.57 Å². The van der Waals surface area contributed by atoms with Crippen molar-refractivity contribution >= 4 is 5.71 Å². The zero-order valence-corrected chi connectivity index (χ0v) is 8.78. The summed E-state index contributed by atoms with van der Waals surface area (Å²) < 4.78 is 5.11. The zero-order valence-electron chi connectivity index (χ0n) is 8.78. The molecule has 76 valence electrons. The van der Waals surface area contributed by atoms with Crippen LogP contribution in [0, 0.1) is 0 Å². The number of nitrogens with zero attached hydrogens (tertiary/aromatic N) is 1. The van der Waals surface area contributed by atoms with Crippen LogP contribution in [-0.4, -0.2) is 19.4 Å². The van der Waals surface area contributed by atoms with E-state index in [0.29, 0.717) is 6.61 Å². The highest BCUT2D eigenvalue weighted by molar-refractivity contribution is 5.98. The van der Waals surface area contributed by atoms with Crippen molar-refractivity contribution in [2.24, 2.45) is 5.16 Å². The minimum absolute atomic E-state index is 0.585. The third kappa shape index (κ3) is 2.76. The molecular formula is C11H15NO2.